The van der Waals surface area contributed by atoms with Gasteiger partial charge in [-0.15, -0.1) is 0 Å². The smallest absolute Gasteiger partial charge is 0.251 e. The summed E-state index contributed by atoms with van der Waals surface area (Å²) in [4.78, 5) is 12.3. The van der Waals surface area contributed by atoms with Crippen LogP contribution in [-0.2, 0) is 19.6 Å². The number of benzene rings is 2. The first kappa shape index (κ1) is 19.7. The summed E-state index contributed by atoms with van der Waals surface area (Å²) in [7, 11) is 0. The zero-order valence-corrected chi connectivity index (χ0v) is 16.1. The van der Waals surface area contributed by atoms with Crippen LogP contribution in [0.3, 0.4) is 0 Å². The van der Waals surface area contributed by atoms with E-state index in [-0.39, 0.29) is 5.91 Å². The van der Waals surface area contributed by atoms with Gasteiger partial charge in [0, 0.05) is 18.7 Å². The predicted molar refractivity (Wildman–Crippen MR) is 109 cm³/mol. The zero-order valence-electron chi connectivity index (χ0n) is 16.1. The van der Waals surface area contributed by atoms with Crippen molar-refractivity contribution in [3.05, 3.63) is 89.4 Å². The number of hydrogen-bond donors (Lipinski definition) is 2. The molecule has 0 radical (unpaired) electrons. The molecule has 2 aromatic carbocycles. The number of ether oxygens (including phenoxy) is 1. The van der Waals surface area contributed by atoms with Crippen molar-refractivity contribution < 1.29 is 13.9 Å². The largest absolute Gasteiger partial charge is 0.494 e. The minimum Gasteiger partial charge on any atom is -0.494 e. The lowest BCUT2D eigenvalue weighted by molar-refractivity contribution is 0.0948. The number of carbonyl (C=O) groups is 1. The van der Waals surface area contributed by atoms with Crippen LogP contribution in [0.4, 0.5) is 0 Å². The SMILES string of the molecule is CCCOc1cccc(CNCc2cccc(C(=O)NCc3ccco3)c2)c1. The molecule has 5 heteroatoms. The Hall–Kier alpha value is -3.05. The molecule has 3 aromatic rings. The Morgan fingerprint density at radius 3 is 2.50 bits per heavy atom. The van der Waals surface area contributed by atoms with E-state index >= 15 is 0 Å². The fourth-order valence-corrected chi connectivity index (χ4v) is 2.82. The number of hydrogen-bond acceptors (Lipinski definition) is 4. The lowest BCUT2D eigenvalue weighted by Gasteiger charge is -2.09. The average molecular weight is 378 g/mol. The van der Waals surface area contributed by atoms with E-state index in [9.17, 15) is 4.79 Å². The molecule has 3 rings (SSSR count). The van der Waals surface area contributed by atoms with Gasteiger partial charge in [0.25, 0.3) is 5.91 Å². The van der Waals surface area contributed by atoms with Crippen molar-refractivity contribution in [1.82, 2.24) is 10.6 Å². The monoisotopic (exact) mass is 378 g/mol. The van der Waals surface area contributed by atoms with Crippen molar-refractivity contribution in [1.29, 1.82) is 0 Å². The van der Waals surface area contributed by atoms with Crippen LogP contribution in [-0.4, -0.2) is 12.5 Å². The Labute approximate surface area is 165 Å². The summed E-state index contributed by atoms with van der Waals surface area (Å²) < 4.78 is 10.9. The third kappa shape index (κ3) is 5.99. The predicted octanol–water partition coefficient (Wildman–Crippen LogP) is 4.29. The summed E-state index contributed by atoms with van der Waals surface area (Å²) >= 11 is 0. The van der Waals surface area contributed by atoms with Gasteiger partial charge in [-0.3, -0.25) is 4.79 Å². The fourth-order valence-electron chi connectivity index (χ4n) is 2.82. The van der Waals surface area contributed by atoms with Crippen LogP contribution in [0.2, 0.25) is 0 Å². The molecule has 1 amide bonds. The second-order valence-electron chi connectivity index (χ2n) is 6.56. The van der Waals surface area contributed by atoms with Crippen LogP contribution in [0.5, 0.6) is 5.75 Å². The van der Waals surface area contributed by atoms with E-state index < -0.39 is 0 Å². The quantitative estimate of drug-likeness (QED) is 0.552. The number of carbonyl (C=O) groups excluding carboxylic acids is 1. The van der Waals surface area contributed by atoms with Gasteiger partial charge in [-0.25, -0.2) is 0 Å². The van der Waals surface area contributed by atoms with Gasteiger partial charge in [0.15, 0.2) is 0 Å². The van der Waals surface area contributed by atoms with E-state index in [1.165, 1.54) is 5.56 Å². The molecule has 0 fully saturated rings. The minimum atomic E-state index is -0.112. The van der Waals surface area contributed by atoms with Crippen LogP contribution in [0.15, 0.2) is 71.3 Å². The van der Waals surface area contributed by atoms with Gasteiger partial charge in [-0.2, -0.15) is 0 Å². The van der Waals surface area contributed by atoms with Crippen molar-refractivity contribution in [3.8, 4) is 5.75 Å². The molecule has 1 heterocycles. The first-order valence-corrected chi connectivity index (χ1v) is 9.56. The highest BCUT2D eigenvalue weighted by atomic mass is 16.5. The standard InChI is InChI=1S/C23H26N2O3/c1-2-11-27-21-9-4-7-19(14-21)16-24-15-18-6-3-8-20(13-18)23(26)25-17-22-10-5-12-28-22/h3-10,12-14,24H,2,11,15-17H2,1H3,(H,25,26). The maximum atomic E-state index is 12.3. The number of amides is 1. The topological polar surface area (TPSA) is 63.5 Å². The summed E-state index contributed by atoms with van der Waals surface area (Å²) in [5.41, 5.74) is 2.87. The second kappa shape index (κ2) is 10.3. The number of nitrogens with one attached hydrogen (secondary N) is 2. The molecule has 1 aromatic heterocycles. The highest BCUT2D eigenvalue weighted by Crippen LogP contribution is 2.14. The van der Waals surface area contributed by atoms with Gasteiger partial charge < -0.3 is 19.8 Å². The molecule has 0 saturated carbocycles. The Balaban J connectivity index is 1.49. The molecule has 5 nitrogen and oxygen atoms in total. The Morgan fingerprint density at radius 2 is 1.75 bits per heavy atom. The third-order valence-electron chi connectivity index (χ3n) is 4.22. The van der Waals surface area contributed by atoms with E-state index in [1.807, 2.05) is 42.5 Å². The Morgan fingerprint density at radius 1 is 0.964 bits per heavy atom. The molecule has 0 aliphatic heterocycles. The van der Waals surface area contributed by atoms with Gasteiger partial charge in [0.1, 0.15) is 11.5 Å². The van der Waals surface area contributed by atoms with E-state index in [2.05, 4.69) is 29.7 Å². The van der Waals surface area contributed by atoms with Gasteiger partial charge >= 0.3 is 0 Å². The molecule has 0 atom stereocenters. The highest BCUT2D eigenvalue weighted by molar-refractivity contribution is 5.94. The second-order valence-corrected chi connectivity index (χ2v) is 6.56. The molecular formula is C23H26N2O3. The maximum absolute atomic E-state index is 12.3. The van der Waals surface area contributed by atoms with Gasteiger partial charge in [0.2, 0.25) is 0 Å². The lowest BCUT2D eigenvalue weighted by Crippen LogP contribution is -2.22. The van der Waals surface area contributed by atoms with E-state index in [0.717, 1.165) is 36.6 Å². The minimum absolute atomic E-state index is 0.112. The molecule has 0 bridgehead atoms. The Kier molecular flexibility index (Phi) is 7.27. The van der Waals surface area contributed by atoms with Crippen LogP contribution in [0.1, 0.15) is 40.6 Å². The highest BCUT2D eigenvalue weighted by Gasteiger charge is 2.07. The van der Waals surface area contributed by atoms with Crippen LogP contribution in [0.25, 0.3) is 0 Å². The molecule has 0 spiro atoms. The summed E-state index contributed by atoms with van der Waals surface area (Å²) in [5, 5.41) is 6.29. The summed E-state index contributed by atoms with van der Waals surface area (Å²) in [5.74, 6) is 1.52. The summed E-state index contributed by atoms with van der Waals surface area (Å²) in [6.45, 7) is 4.62. The number of furan rings is 1. The normalized spacial score (nSPS) is 10.6. The molecule has 0 saturated heterocycles. The summed E-state index contributed by atoms with van der Waals surface area (Å²) in [6, 6.07) is 19.4. The molecule has 0 aliphatic rings. The van der Waals surface area contributed by atoms with E-state index in [0.29, 0.717) is 18.7 Å². The zero-order chi connectivity index (χ0) is 19.6. The van der Waals surface area contributed by atoms with Crippen LogP contribution >= 0.6 is 0 Å². The lowest BCUT2D eigenvalue weighted by atomic mass is 10.1. The van der Waals surface area contributed by atoms with Crippen molar-refractivity contribution in [3.63, 3.8) is 0 Å². The molecular weight excluding hydrogens is 352 g/mol. The van der Waals surface area contributed by atoms with Gasteiger partial charge in [-0.1, -0.05) is 31.2 Å². The van der Waals surface area contributed by atoms with Crippen molar-refractivity contribution in [2.24, 2.45) is 0 Å². The summed E-state index contributed by atoms with van der Waals surface area (Å²) in [6.07, 6.45) is 2.59. The van der Waals surface area contributed by atoms with Crippen molar-refractivity contribution in [2.45, 2.75) is 33.0 Å². The number of rotatable bonds is 10. The fraction of sp³-hybridized carbons (Fsp3) is 0.261. The Bertz CT molecular complexity index is 875. The first-order chi connectivity index (χ1) is 13.7. The van der Waals surface area contributed by atoms with E-state index in [1.54, 1.807) is 12.3 Å². The molecule has 0 aliphatic carbocycles. The third-order valence-corrected chi connectivity index (χ3v) is 4.22. The van der Waals surface area contributed by atoms with Gasteiger partial charge in [-0.05, 0) is 53.9 Å². The van der Waals surface area contributed by atoms with Crippen molar-refractivity contribution >= 4 is 5.91 Å². The molecule has 28 heavy (non-hydrogen) atoms. The molecule has 2 N–H and O–H groups in total. The van der Waals surface area contributed by atoms with Crippen LogP contribution < -0.4 is 15.4 Å². The van der Waals surface area contributed by atoms with Crippen LogP contribution in [0, 0.1) is 0 Å². The molecule has 146 valence electrons. The van der Waals surface area contributed by atoms with Gasteiger partial charge in [0.05, 0.1) is 19.4 Å². The van der Waals surface area contributed by atoms with E-state index in [4.69, 9.17) is 9.15 Å². The average Bonchev–Trinajstić information content (AvgIpc) is 3.25. The maximum Gasteiger partial charge on any atom is 0.251 e. The first-order valence-electron chi connectivity index (χ1n) is 9.56. The molecule has 0 unspecified atom stereocenters. The van der Waals surface area contributed by atoms with Crippen molar-refractivity contribution in [2.75, 3.05) is 6.61 Å².